The van der Waals surface area contributed by atoms with E-state index in [2.05, 4.69) is 10.6 Å². The monoisotopic (exact) mass is 258 g/mol. The molecule has 0 spiro atoms. The normalized spacial score (nSPS) is 17.3. The maximum atomic E-state index is 11.6. The Balaban J connectivity index is 1.97. The van der Waals surface area contributed by atoms with Crippen molar-refractivity contribution in [2.45, 2.75) is 32.6 Å². The average Bonchev–Trinajstić information content (AvgIpc) is 2.39. The zero-order valence-corrected chi connectivity index (χ0v) is 11.0. The number of amides is 1. The van der Waals surface area contributed by atoms with Gasteiger partial charge in [0, 0.05) is 36.5 Å². The molecule has 0 aliphatic heterocycles. The van der Waals surface area contributed by atoms with Crippen molar-refractivity contribution >= 4 is 23.1 Å². The molecule has 2 rings (SSSR count). The van der Waals surface area contributed by atoms with Crippen molar-refractivity contribution in [3.63, 3.8) is 0 Å². The van der Waals surface area contributed by atoms with Crippen LogP contribution in [0.15, 0.2) is 36.0 Å². The highest BCUT2D eigenvalue weighted by molar-refractivity contribution is 5.96. The van der Waals surface area contributed by atoms with Gasteiger partial charge in [0.25, 0.3) is 0 Å². The zero-order chi connectivity index (χ0) is 13.7. The van der Waals surface area contributed by atoms with Gasteiger partial charge in [-0.1, -0.05) is 0 Å². The van der Waals surface area contributed by atoms with E-state index in [4.69, 9.17) is 0 Å². The van der Waals surface area contributed by atoms with Gasteiger partial charge >= 0.3 is 0 Å². The molecule has 2 N–H and O–H groups in total. The highest BCUT2D eigenvalue weighted by atomic mass is 16.1. The van der Waals surface area contributed by atoms with Gasteiger partial charge in [0.05, 0.1) is 0 Å². The fourth-order valence-corrected chi connectivity index (χ4v) is 2.08. The van der Waals surface area contributed by atoms with Crippen LogP contribution in [-0.2, 0) is 9.59 Å². The van der Waals surface area contributed by atoms with E-state index >= 15 is 0 Å². The minimum Gasteiger partial charge on any atom is -0.361 e. The summed E-state index contributed by atoms with van der Waals surface area (Å²) in [5, 5.41) is 5.84. The van der Waals surface area contributed by atoms with Gasteiger partial charge in [-0.25, -0.2) is 0 Å². The van der Waals surface area contributed by atoms with Crippen LogP contribution in [-0.4, -0.2) is 11.7 Å². The fourth-order valence-electron chi connectivity index (χ4n) is 2.08. The van der Waals surface area contributed by atoms with E-state index in [1.165, 1.54) is 6.92 Å². The summed E-state index contributed by atoms with van der Waals surface area (Å²) in [6.07, 6.45) is 5.40. The summed E-state index contributed by atoms with van der Waals surface area (Å²) in [5.74, 6) is 0.157. The lowest BCUT2D eigenvalue weighted by atomic mass is 9.94. The van der Waals surface area contributed by atoms with Crippen molar-refractivity contribution in [3.05, 3.63) is 36.0 Å². The molecule has 19 heavy (non-hydrogen) atoms. The van der Waals surface area contributed by atoms with Gasteiger partial charge < -0.3 is 10.6 Å². The fraction of sp³-hybridized carbons (Fsp3) is 0.333. The minimum atomic E-state index is -0.0874. The van der Waals surface area contributed by atoms with E-state index in [1.807, 2.05) is 24.3 Å². The Kier molecular flexibility index (Phi) is 4.34. The first kappa shape index (κ1) is 13.3. The molecule has 1 aliphatic rings. The first-order chi connectivity index (χ1) is 9.15. The molecule has 100 valence electrons. The molecule has 0 radical (unpaired) electrons. The number of rotatable bonds is 3. The van der Waals surface area contributed by atoms with E-state index in [-0.39, 0.29) is 11.7 Å². The van der Waals surface area contributed by atoms with E-state index in [0.29, 0.717) is 6.42 Å². The third kappa shape index (κ3) is 3.95. The summed E-state index contributed by atoms with van der Waals surface area (Å²) in [6, 6.07) is 7.39. The Morgan fingerprint density at radius 2 is 1.74 bits per heavy atom. The SMILES string of the molecule is CC(=O)Nc1ccc(N/C=C2\CCCCC2=O)cc1. The number of Topliss-reactive ketones (excluding diaryl/α,β-unsaturated/α-hetero) is 1. The zero-order valence-electron chi connectivity index (χ0n) is 11.0. The highest BCUT2D eigenvalue weighted by Crippen LogP contribution is 2.20. The third-order valence-electron chi connectivity index (χ3n) is 3.08. The summed E-state index contributed by atoms with van der Waals surface area (Å²) < 4.78 is 0. The molecule has 1 aromatic rings. The van der Waals surface area contributed by atoms with Gasteiger partial charge in [-0.2, -0.15) is 0 Å². The van der Waals surface area contributed by atoms with Crippen LogP contribution in [0.3, 0.4) is 0 Å². The first-order valence-electron chi connectivity index (χ1n) is 6.51. The second-order valence-electron chi connectivity index (χ2n) is 4.70. The molecule has 0 saturated heterocycles. The number of carbonyl (C=O) groups excluding carboxylic acids is 2. The quantitative estimate of drug-likeness (QED) is 0.819. The first-order valence-corrected chi connectivity index (χ1v) is 6.51. The van der Waals surface area contributed by atoms with E-state index < -0.39 is 0 Å². The van der Waals surface area contributed by atoms with Crippen molar-refractivity contribution in [3.8, 4) is 0 Å². The molecular formula is C15H18N2O2. The second kappa shape index (κ2) is 6.18. The van der Waals surface area contributed by atoms with Gasteiger partial charge in [0.1, 0.15) is 0 Å². The van der Waals surface area contributed by atoms with Crippen molar-refractivity contribution in [2.24, 2.45) is 0 Å². The molecule has 1 fully saturated rings. The predicted octanol–water partition coefficient (Wildman–Crippen LogP) is 3.08. The topological polar surface area (TPSA) is 58.2 Å². The van der Waals surface area contributed by atoms with Crippen LogP contribution < -0.4 is 10.6 Å². The van der Waals surface area contributed by atoms with Gasteiger partial charge in [-0.15, -0.1) is 0 Å². The van der Waals surface area contributed by atoms with Crippen molar-refractivity contribution in [2.75, 3.05) is 10.6 Å². The Bertz CT molecular complexity index is 503. The van der Waals surface area contributed by atoms with Crippen LogP contribution in [0.25, 0.3) is 0 Å². The molecule has 1 amide bonds. The lowest BCUT2D eigenvalue weighted by Gasteiger charge is -2.13. The number of benzene rings is 1. The Morgan fingerprint density at radius 3 is 2.37 bits per heavy atom. The molecule has 1 aromatic carbocycles. The molecule has 0 atom stereocenters. The third-order valence-corrected chi connectivity index (χ3v) is 3.08. The van der Waals surface area contributed by atoms with Crippen LogP contribution in [0.2, 0.25) is 0 Å². The van der Waals surface area contributed by atoms with Gasteiger partial charge in [0.15, 0.2) is 5.78 Å². The molecule has 0 bridgehead atoms. The highest BCUT2D eigenvalue weighted by Gasteiger charge is 2.14. The summed E-state index contributed by atoms with van der Waals surface area (Å²) in [7, 11) is 0. The number of allylic oxidation sites excluding steroid dienone is 1. The summed E-state index contributed by atoms with van der Waals surface area (Å²) in [5.41, 5.74) is 2.54. The number of carbonyl (C=O) groups is 2. The van der Waals surface area contributed by atoms with Gasteiger partial charge in [-0.3, -0.25) is 9.59 Å². The van der Waals surface area contributed by atoms with Crippen LogP contribution in [0.4, 0.5) is 11.4 Å². The number of ketones is 1. The Morgan fingerprint density at radius 1 is 1.11 bits per heavy atom. The van der Waals surface area contributed by atoms with E-state index in [0.717, 1.165) is 36.2 Å². The summed E-state index contributed by atoms with van der Waals surface area (Å²) >= 11 is 0. The van der Waals surface area contributed by atoms with Crippen LogP contribution in [0.5, 0.6) is 0 Å². The Labute approximate surface area is 112 Å². The second-order valence-corrected chi connectivity index (χ2v) is 4.70. The molecule has 4 heteroatoms. The van der Waals surface area contributed by atoms with Crippen LogP contribution in [0, 0.1) is 0 Å². The number of anilines is 2. The van der Waals surface area contributed by atoms with Crippen molar-refractivity contribution in [1.82, 2.24) is 0 Å². The largest absolute Gasteiger partial charge is 0.361 e. The summed E-state index contributed by atoms with van der Waals surface area (Å²) in [4.78, 5) is 22.5. The van der Waals surface area contributed by atoms with Gasteiger partial charge in [0.2, 0.25) is 5.91 Å². The molecule has 0 aromatic heterocycles. The van der Waals surface area contributed by atoms with Gasteiger partial charge in [-0.05, 0) is 43.5 Å². The molecule has 0 heterocycles. The number of hydrogen-bond donors (Lipinski definition) is 2. The predicted molar refractivity (Wildman–Crippen MR) is 75.9 cm³/mol. The number of nitrogens with one attached hydrogen (secondary N) is 2. The van der Waals surface area contributed by atoms with Crippen LogP contribution >= 0.6 is 0 Å². The molecule has 0 unspecified atom stereocenters. The van der Waals surface area contributed by atoms with Crippen LogP contribution in [0.1, 0.15) is 32.6 Å². The Hall–Kier alpha value is -2.10. The standard InChI is InChI=1S/C15H18N2O2/c1-11(18)17-14-8-6-13(7-9-14)16-10-12-4-2-3-5-15(12)19/h6-10,16H,2-5H2,1H3,(H,17,18)/b12-10+. The van der Waals surface area contributed by atoms with Crippen molar-refractivity contribution in [1.29, 1.82) is 0 Å². The maximum Gasteiger partial charge on any atom is 0.221 e. The van der Waals surface area contributed by atoms with E-state index in [1.54, 1.807) is 6.20 Å². The molecular weight excluding hydrogens is 240 g/mol. The minimum absolute atomic E-state index is 0.0874. The lowest BCUT2D eigenvalue weighted by Crippen LogP contribution is -2.10. The van der Waals surface area contributed by atoms with Crippen molar-refractivity contribution < 1.29 is 9.59 Å². The molecule has 1 aliphatic carbocycles. The summed E-state index contributed by atoms with van der Waals surface area (Å²) in [6.45, 7) is 1.48. The lowest BCUT2D eigenvalue weighted by molar-refractivity contribution is -0.116. The maximum absolute atomic E-state index is 11.6. The molecule has 1 saturated carbocycles. The van der Waals surface area contributed by atoms with E-state index in [9.17, 15) is 9.59 Å². The average molecular weight is 258 g/mol. The smallest absolute Gasteiger partial charge is 0.221 e. The molecule has 4 nitrogen and oxygen atoms in total. The number of hydrogen-bond acceptors (Lipinski definition) is 3.